The highest BCUT2D eigenvalue weighted by atomic mass is 35.5. The van der Waals surface area contributed by atoms with Crippen LogP contribution in [-0.2, 0) is 11.2 Å². The van der Waals surface area contributed by atoms with Crippen molar-refractivity contribution in [1.82, 2.24) is 0 Å². The summed E-state index contributed by atoms with van der Waals surface area (Å²) in [6, 6.07) is 11.6. The van der Waals surface area contributed by atoms with Gasteiger partial charge in [0.1, 0.15) is 11.6 Å². The Morgan fingerprint density at radius 3 is 2.73 bits per heavy atom. The minimum absolute atomic E-state index is 0.0392. The van der Waals surface area contributed by atoms with Crippen molar-refractivity contribution in [3.8, 4) is 5.75 Å². The van der Waals surface area contributed by atoms with E-state index >= 15 is 0 Å². The number of para-hydroxylation sites is 1. The summed E-state index contributed by atoms with van der Waals surface area (Å²) in [5.41, 5.74) is 1.46. The lowest BCUT2D eigenvalue weighted by atomic mass is 10.1. The summed E-state index contributed by atoms with van der Waals surface area (Å²) in [6.45, 7) is 3.68. The molecule has 2 rings (SSSR count). The van der Waals surface area contributed by atoms with E-state index in [9.17, 15) is 9.18 Å². The maximum atomic E-state index is 13.1. The second-order valence-electron chi connectivity index (χ2n) is 4.84. The zero-order valence-electron chi connectivity index (χ0n) is 12.4. The van der Waals surface area contributed by atoms with E-state index < -0.39 is 11.9 Å². The largest absolute Gasteiger partial charge is 0.481 e. The zero-order chi connectivity index (χ0) is 16.1. The lowest BCUT2D eigenvalue weighted by Crippen LogP contribution is -2.30. The number of ether oxygens (including phenoxy) is 1. The van der Waals surface area contributed by atoms with E-state index in [-0.39, 0.29) is 10.9 Å². The maximum absolute atomic E-state index is 13.1. The molecule has 0 radical (unpaired) electrons. The number of nitrogens with one attached hydrogen (secondary N) is 1. The molecule has 1 atom stereocenters. The Labute approximate surface area is 134 Å². The molecule has 3 nitrogen and oxygen atoms in total. The van der Waals surface area contributed by atoms with Crippen LogP contribution in [0.3, 0.4) is 0 Å². The number of anilines is 1. The number of aryl methyl sites for hydroxylation is 1. The molecule has 0 unspecified atom stereocenters. The van der Waals surface area contributed by atoms with Crippen molar-refractivity contribution in [2.24, 2.45) is 0 Å². The van der Waals surface area contributed by atoms with Crippen LogP contribution in [0.1, 0.15) is 19.4 Å². The SMILES string of the molecule is CCc1ccccc1O[C@@H](C)C(=O)Nc1ccc(F)c(Cl)c1. The van der Waals surface area contributed by atoms with Crippen LogP contribution in [0.5, 0.6) is 5.75 Å². The van der Waals surface area contributed by atoms with Crippen LogP contribution in [0, 0.1) is 5.82 Å². The van der Waals surface area contributed by atoms with Gasteiger partial charge in [-0.05, 0) is 43.2 Å². The lowest BCUT2D eigenvalue weighted by Gasteiger charge is -2.17. The summed E-state index contributed by atoms with van der Waals surface area (Å²) in [7, 11) is 0. The standard InChI is InChI=1S/C17H17ClFNO2/c1-3-12-6-4-5-7-16(12)22-11(2)17(21)20-13-8-9-15(19)14(18)10-13/h4-11H,3H2,1-2H3,(H,20,21)/t11-/m0/s1. The van der Waals surface area contributed by atoms with Gasteiger partial charge in [0.25, 0.3) is 5.91 Å². The minimum Gasteiger partial charge on any atom is -0.481 e. The molecule has 22 heavy (non-hydrogen) atoms. The fraction of sp³-hybridized carbons (Fsp3) is 0.235. The highest BCUT2D eigenvalue weighted by Gasteiger charge is 2.16. The number of carbonyl (C=O) groups is 1. The van der Waals surface area contributed by atoms with Crippen LogP contribution in [0.25, 0.3) is 0 Å². The Kier molecular flexibility index (Phi) is 5.39. The molecule has 1 N–H and O–H groups in total. The first-order valence-electron chi connectivity index (χ1n) is 7.01. The Hall–Kier alpha value is -2.07. The number of hydrogen-bond acceptors (Lipinski definition) is 2. The summed E-state index contributed by atoms with van der Waals surface area (Å²) < 4.78 is 18.8. The second kappa shape index (κ2) is 7.27. The summed E-state index contributed by atoms with van der Waals surface area (Å²) in [4.78, 5) is 12.1. The first-order valence-corrected chi connectivity index (χ1v) is 7.39. The highest BCUT2D eigenvalue weighted by Crippen LogP contribution is 2.22. The van der Waals surface area contributed by atoms with Gasteiger partial charge >= 0.3 is 0 Å². The second-order valence-corrected chi connectivity index (χ2v) is 5.25. The minimum atomic E-state index is -0.684. The molecule has 2 aromatic rings. The van der Waals surface area contributed by atoms with Gasteiger partial charge in [0.2, 0.25) is 0 Å². The summed E-state index contributed by atoms with van der Waals surface area (Å²) >= 11 is 5.69. The molecule has 0 saturated heterocycles. The van der Waals surface area contributed by atoms with Gasteiger partial charge in [-0.2, -0.15) is 0 Å². The quantitative estimate of drug-likeness (QED) is 0.883. The normalized spacial score (nSPS) is 11.8. The van der Waals surface area contributed by atoms with Crippen LogP contribution in [0.2, 0.25) is 5.02 Å². The summed E-state index contributed by atoms with van der Waals surface area (Å²) in [6.07, 6.45) is 0.134. The number of rotatable bonds is 5. The van der Waals surface area contributed by atoms with E-state index in [1.54, 1.807) is 6.92 Å². The molecule has 0 aliphatic rings. The highest BCUT2D eigenvalue weighted by molar-refractivity contribution is 6.31. The molecule has 116 valence electrons. The van der Waals surface area contributed by atoms with Crippen LogP contribution < -0.4 is 10.1 Å². The smallest absolute Gasteiger partial charge is 0.265 e. The maximum Gasteiger partial charge on any atom is 0.265 e. The molecule has 2 aromatic carbocycles. The molecule has 0 saturated carbocycles. The first kappa shape index (κ1) is 16.3. The molecule has 0 spiro atoms. The van der Waals surface area contributed by atoms with E-state index in [0.717, 1.165) is 12.0 Å². The lowest BCUT2D eigenvalue weighted by molar-refractivity contribution is -0.122. The van der Waals surface area contributed by atoms with Crippen molar-refractivity contribution in [3.05, 3.63) is 58.9 Å². The van der Waals surface area contributed by atoms with Gasteiger partial charge < -0.3 is 10.1 Å². The molecular formula is C17H17ClFNO2. The van der Waals surface area contributed by atoms with Crippen LogP contribution in [0.4, 0.5) is 10.1 Å². The van der Waals surface area contributed by atoms with Gasteiger partial charge in [-0.15, -0.1) is 0 Å². The van der Waals surface area contributed by atoms with Crippen molar-refractivity contribution in [1.29, 1.82) is 0 Å². The fourth-order valence-corrected chi connectivity index (χ4v) is 2.15. The van der Waals surface area contributed by atoms with Crippen LogP contribution in [-0.4, -0.2) is 12.0 Å². The van der Waals surface area contributed by atoms with Gasteiger partial charge in [0.15, 0.2) is 6.10 Å². The van der Waals surface area contributed by atoms with E-state index in [1.807, 2.05) is 31.2 Å². The van der Waals surface area contributed by atoms with Crippen LogP contribution >= 0.6 is 11.6 Å². The Morgan fingerprint density at radius 2 is 2.05 bits per heavy atom. The Bertz CT molecular complexity index is 675. The summed E-state index contributed by atoms with van der Waals surface area (Å²) in [5.74, 6) is -0.167. The number of halogens is 2. The molecule has 0 fully saturated rings. The number of hydrogen-bond donors (Lipinski definition) is 1. The van der Waals surface area contributed by atoms with Crippen molar-refractivity contribution in [2.75, 3.05) is 5.32 Å². The van der Waals surface area contributed by atoms with Gasteiger partial charge in [-0.1, -0.05) is 36.7 Å². The van der Waals surface area contributed by atoms with Crippen molar-refractivity contribution in [3.63, 3.8) is 0 Å². The van der Waals surface area contributed by atoms with Gasteiger partial charge in [-0.3, -0.25) is 4.79 Å². The van der Waals surface area contributed by atoms with E-state index in [1.165, 1.54) is 18.2 Å². The molecule has 1 amide bonds. The molecule has 0 aliphatic carbocycles. The Balaban J connectivity index is 2.04. The predicted octanol–water partition coefficient (Wildman–Crippen LogP) is 4.45. The monoisotopic (exact) mass is 321 g/mol. The molecule has 0 aromatic heterocycles. The van der Waals surface area contributed by atoms with E-state index in [2.05, 4.69) is 5.32 Å². The first-order chi connectivity index (χ1) is 10.5. The zero-order valence-corrected chi connectivity index (χ0v) is 13.2. The molecule has 0 bridgehead atoms. The predicted molar refractivity (Wildman–Crippen MR) is 85.9 cm³/mol. The topological polar surface area (TPSA) is 38.3 Å². The van der Waals surface area contributed by atoms with Gasteiger partial charge in [0.05, 0.1) is 5.02 Å². The number of carbonyl (C=O) groups excluding carboxylic acids is 1. The van der Waals surface area contributed by atoms with Crippen molar-refractivity contribution < 1.29 is 13.9 Å². The third kappa shape index (κ3) is 3.98. The molecule has 0 heterocycles. The fourth-order valence-electron chi connectivity index (χ4n) is 1.97. The average molecular weight is 322 g/mol. The van der Waals surface area contributed by atoms with Crippen molar-refractivity contribution in [2.45, 2.75) is 26.4 Å². The summed E-state index contributed by atoms with van der Waals surface area (Å²) in [5, 5.41) is 2.61. The molecular weight excluding hydrogens is 305 g/mol. The molecule has 0 aliphatic heterocycles. The van der Waals surface area contributed by atoms with Crippen molar-refractivity contribution >= 4 is 23.2 Å². The third-order valence-electron chi connectivity index (χ3n) is 3.21. The van der Waals surface area contributed by atoms with Crippen LogP contribution in [0.15, 0.2) is 42.5 Å². The van der Waals surface area contributed by atoms with E-state index in [4.69, 9.17) is 16.3 Å². The average Bonchev–Trinajstić information content (AvgIpc) is 2.51. The number of amides is 1. The van der Waals surface area contributed by atoms with Gasteiger partial charge in [-0.25, -0.2) is 4.39 Å². The third-order valence-corrected chi connectivity index (χ3v) is 3.50. The number of benzene rings is 2. The Morgan fingerprint density at radius 1 is 1.32 bits per heavy atom. The van der Waals surface area contributed by atoms with E-state index in [0.29, 0.717) is 11.4 Å². The van der Waals surface area contributed by atoms with Gasteiger partial charge in [0, 0.05) is 5.69 Å². The molecule has 5 heteroatoms.